The predicted octanol–water partition coefficient (Wildman–Crippen LogP) is 1.10. The number of aliphatic hydroxyl groups excluding tert-OH is 1. The Kier molecular flexibility index (Phi) is 5.55. The van der Waals surface area contributed by atoms with Crippen molar-refractivity contribution in [2.75, 3.05) is 13.2 Å². The number of esters is 1. The number of aliphatic carboxylic acids is 1. The van der Waals surface area contributed by atoms with E-state index in [0.717, 1.165) is 5.56 Å². The molecule has 1 fully saturated rings. The van der Waals surface area contributed by atoms with Gasteiger partial charge in [-0.05, 0) is 23.3 Å². The van der Waals surface area contributed by atoms with Crippen molar-refractivity contribution in [3.63, 3.8) is 0 Å². The van der Waals surface area contributed by atoms with Gasteiger partial charge in [-0.15, -0.1) is 0 Å². The van der Waals surface area contributed by atoms with Gasteiger partial charge in [0.1, 0.15) is 24.4 Å². The summed E-state index contributed by atoms with van der Waals surface area (Å²) in [6, 6.07) is 14.7. The molecule has 0 aromatic heterocycles. The Morgan fingerprint density at radius 1 is 1.11 bits per heavy atom. The van der Waals surface area contributed by atoms with Gasteiger partial charge in [0.25, 0.3) is 0 Å². The van der Waals surface area contributed by atoms with Gasteiger partial charge in [-0.25, -0.2) is 4.79 Å². The lowest BCUT2D eigenvalue weighted by Crippen LogP contribution is -2.37. The normalized spacial score (nSPS) is 23.0. The summed E-state index contributed by atoms with van der Waals surface area (Å²) in [5, 5.41) is 32.3. The molecular weight excluding hydrogens is 350 g/mol. The van der Waals surface area contributed by atoms with Crippen molar-refractivity contribution in [2.45, 2.75) is 24.2 Å². The molecule has 4 N–H and O–H groups in total. The molecule has 0 spiro atoms. The fourth-order valence-electron chi connectivity index (χ4n) is 3.03. The highest BCUT2D eigenvalue weighted by Gasteiger charge is 2.41. The van der Waals surface area contributed by atoms with E-state index in [4.69, 9.17) is 9.84 Å². The molecule has 1 saturated heterocycles. The molecule has 0 radical (unpaired) electrons. The molecule has 2 aromatic rings. The van der Waals surface area contributed by atoms with E-state index >= 15 is 0 Å². The number of ether oxygens (including phenoxy) is 1. The van der Waals surface area contributed by atoms with Crippen LogP contribution < -0.4 is 5.32 Å². The molecule has 3 rings (SSSR count). The minimum Gasteiger partial charge on any atom is -0.480 e. The van der Waals surface area contributed by atoms with E-state index < -0.39 is 29.7 Å². The van der Waals surface area contributed by atoms with Gasteiger partial charge in [-0.3, -0.25) is 4.79 Å². The molecule has 0 bridgehead atoms. The molecule has 0 aliphatic carbocycles. The van der Waals surface area contributed by atoms with Gasteiger partial charge in [-0.2, -0.15) is 0 Å². The van der Waals surface area contributed by atoms with Crippen molar-refractivity contribution >= 4 is 11.9 Å². The summed E-state index contributed by atoms with van der Waals surface area (Å²) in [5.74, 6) is -1.67. The summed E-state index contributed by atoms with van der Waals surface area (Å²) >= 11 is 0. The van der Waals surface area contributed by atoms with Crippen LogP contribution in [-0.4, -0.2) is 52.1 Å². The van der Waals surface area contributed by atoms with Crippen molar-refractivity contribution in [1.29, 1.82) is 0 Å². The van der Waals surface area contributed by atoms with E-state index in [-0.39, 0.29) is 25.1 Å². The van der Waals surface area contributed by atoms with Crippen molar-refractivity contribution in [1.82, 2.24) is 5.32 Å². The first-order chi connectivity index (χ1) is 12.9. The number of carbonyl (C=O) groups is 2. The zero-order valence-corrected chi connectivity index (χ0v) is 14.5. The zero-order valence-electron chi connectivity index (χ0n) is 14.5. The van der Waals surface area contributed by atoms with Crippen LogP contribution in [0.2, 0.25) is 0 Å². The van der Waals surface area contributed by atoms with Crippen LogP contribution in [0.5, 0.6) is 0 Å². The maximum absolute atomic E-state index is 12.2. The van der Waals surface area contributed by atoms with Gasteiger partial charge in [0, 0.05) is 13.0 Å². The molecule has 1 heterocycles. The maximum Gasteiger partial charge on any atom is 0.338 e. The highest BCUT2D eigenvalue weighted by atomic mass is 16.5. The number of carboxylic acid groups (broad SMARTS) is 1. The van der Waals surface area contributed by atoms with Crippen LogP contribution in [-0.2, 0) is 9.53 Å². The Bertz CT molecular complexity index is 807. The third kappa shape index (κ3) is 4.51. The number of hydrogen-bond acceptors (Lipinski definition) is 6. The lowest BCUT2D eigenvalue weighted by Gasteiger charge is -2.21. The van der Waals surface area contributed by atoms with Crippen LogP contribution in [0, 0.1) is 0 Å². The monoisotopic (exact) mass is 371 g/mol. The summed E-state index contributed by atoms with van der Waals surface area (Å²) in [5.41, 5.74) is 0.267. The number of aliphatic hydroxyl groups is 2. The fourth-order valence-corrected chi connectivity index (χ4v) is 3.03. The summed E-state index contributed by atoms with van der Waals surface area (Å²) < 4.78 is 5.14. The molecule has 7 nitrogen and oxygen atoms in total. The van der Waals surface area contributed by atoms with Gasteiger partial charge >= 0.3 is 11.9 Å². The minimum absolute atomic E-state index is 0.0299. The standard InChI is InChI=1S/C20H21NO6/c22-17(13-4-2-1-3-5-13)14-6-8-15(9-7-14)19(25)27-12-20(26)10-16(18(23)24)21-11-20/h1-9,16-17,21-22,26H,10-12H2,(H,23,24)/t16-,17?,20-/m0/s1. The highest BCUT2D eigenvalue weighted by Crippen LogP contribution is 2.23. The lowest BCUT2D eigenvalue weighted by atomic mass is 10.0. The third-order valence-corrected chi connectivity index (χ3v) is 4.61. The molecular formula is C20H21NO6. The van der Waals surface area contributed by atoms with Crippen LogP contribution >= 0.6 is 0 Å². The van der Waals surface area contributed by atoms with Crippen molar-refractivity contribution in [3.8, 4) is 0 Å². The van der Waals surface area contributed by atoms with Crippen LogP contribution in [0.4, 0.5) is 0 Å². The first kappa shape index (κ1) is 19.0. The Morgan fingerprint density at radius 3 is 2.33 bits per heavy atom. The molecule has 1 aliphatic heterocycles. The van der Waals surface area contributed by atoms with Crippen molar-refractivity contribution in [2.24, 2.45) is 0 Å². The van der Waals surface area contributed by atoms with E-state index in [1.165, 1.54) is 0 Å². The Labute approximate surface area is 156 Å². The molecule has 142 valence electrons. The molecule has 7 heteroatoms. The minimum atomic E-state index is -1.40. The average Bonchev–Trinajstić information content (AvgIpc) is 3.09. The smallest absolute Gasteiger partial charge is 0.338 e. The second-order valence-electron chi connectivity index (χ2n) is 6.71. The summed E-state index contributed by atoms with van der Waals surface area (Å²) in [6.07, 6.45) is -0.827. The van der Waals surface area contributed by atoms with Gasteiger partial charge in [0.15, 0.2) is 0 Å². The molecule has 0 amide bonds. The SMILES string of the molecule is O=C(OC[C@@]1(O)CN[C@H](C(=O)O)C1)c1ccc(C(O)c2ccccc2)cc1. The molecule has 2 aromatic carbocycles. The Balaban J connectivity index is 1.59. The number of rotatable bonds is 6. The largest absolute Gasteiger partial charge is 0.480 e. The van der Waals surface area contributed by atoms with Gasteiger partial charge < -0.3 is 25.4 Å². The van der Waals surface area contributed by atoms with Crippen molar-refractivity contribution < 1.29 is 29.6 Å². The quantitative estimate of drug-likeness (QED) is 0.562. The molecule has 27 heavy (non-hydrogen) atoms. The highest BCUT2D eigenvalue weighted by molar-refractivity contribution is 5.89. The molecule has 1 unspecified atom stereocenters. The first-order valence-corrected chi connectivity index (χ1v) is 8.57. The molecule has 3 atom stereocenters. The maximum atomic E-state index is 12.2. The number of hydrogen-bond donors (Lipinski definition) is 4. The number of nitrogens with one attached hydrogen (secondary N) is 1. The van der Waals surface area contributed by atoms with E-state index in [0.29, 0.717) is 5.56 Å². The third-order valence-electron chi connectivity index (χ3n) is 4.61. The summed E-state index contributed by atoms with van der Waals surface area (Å²) in [4.78, 5) is 23.1. The van der Waals surface area contributed by atoms with Gasteiger partial charge in [0.05, 0.1) is 5.56 Å². The average molecular weight is 371 g/mol. The number of carboxylic acids is 1. The van der Waals surface area contributed by atoms with Gasteiger partial charge in [-0.1, -0.05) is 42.5 Å². The predicted molar refractivity (Wildman–Crippen MR) is 96.2 cm³/mol. The summed E-state index contributed by atoms with van der Waals surface area (Å²) in [6.45, 7) is -0.254. The lowest BCUT2D eigenvalue weighted by molar-refractivity contribution is -0.139. The van der Waals surface area contributed by atoms with Crippen LogP contribution in [0.1, 0.15) is 34.0 Å². The Morgan fingerprint density at radius 2 is 1.74 bits per heavy atom. The molecule has 1 aliphatic rings. The zero-order chi connectivity index (χ0) is 19.4. The van der Waals surface area contributed by atoms with E-state index in [1.54, 1.807) is 24.3 Å². The molecule has 0 saturated carbocycles. The van der Waals surface area contributed by atoms with Crippen LogP contribution in [0.3, 0.4) is 0 Å². The van der Waals surface area contributed by atoms with Crippen molar-refractivity contribution in [3.05, 3.63) is 71.3 Å². The number of benzene rings is 2. The number of β-amino-alcohol motifs (C(OH)–C–C–N with tert-alkyl or cyclic N) is 1. The second kappa shape index (κ2) is 7.87. The second-order valence-corrected chi connectivity index (χ2v) is 6.71. The van der Waals surface area contributed by atoms with Crippen LogP contribution in [0.15, 0.2) is 54.6 Å². The van der Waals surface area contributed by atoms with Crippen LogP contribution in [0.25, 0.3) is 0 Å². The van der Waals surface area contributed by atoms with Gasteiger partial charge in [0.2, 0.25) is 0 Å². The first-order valence-electron chi connectivity index (χ1n) is 8.57. The van der Waals surface area contributed by atoms with E-state index in [9.17, 15) is 19.8 Å². The van der Waals surface area contributed by atoms with E-state index in [2.05, 4.69) is 5.32 Å². The fraction of sp³-hybridized carbons (Fsp3) is 0.300. The topological polar surface area (TPSA) is 116 Å². The summed E-state index contributed by atoms with van der Waals surface area (Å²) in [7, 11) is 0. The number of carbonyl (C=O) groups excluding carboxylic acids is 1. The Hall–Kier alpha value is -2.74. The van der Waals surface area contributed by atoms with E-state index in [1.807, 2.05) is 30.3 Å².